The monoisotopic (exact) mass is 403 g/mol. The molecule has 7 nitrogen and oxygen atoms in total. The zero-order chi connectivity index (χ0) is 20.5. The number of aryl methyl sites for hydroxylation is 1. The normalized spacial score (nSPS) is 16.9. The van der Waals surface area contributed by atoms with Crippen molar-refractivity contribution in [2.75, 3.05) is 13.1 Å². The van der Waals surface area contributed by atoms with Gasteiger partial charge in [0.1, 0.15) is 12.1 Å². The van der Waals surface area contributed by atoms with Crippen molar-refractivity contribution in [3.8, 4) is 22.6 Å². The van der Waals surface area contributed by atoms with E-state index in [-0.39, 0.29) is 11.9 Å². The average Bonchev–Trinajstić information content (AvgIpc) is 3.49. The highest BCUT2D eigenvalue weighted by Gasteiger charge is 2.28. The van der Waals surface area contributed by atoms with E-state index in [1.807, 2.05) is 30.3 Å². The molecule has 1 fully saturated rings. The first kappa shape index (κ1) is 18.6. The van der Waals surface area contributed by atoms with E-state index in [9.17, 15) is 4.39 Å². The Balaban J connectivity index is 1.47. The van der Waals surface area contributed by atoms with Gasteiger partial charge in [-0.1, -0.05) is 0 Å². The molecule has 30 heavy (non-hydrogen) atoms. The lowest BCUT2D eigenvalue weighted by Gasteiger charge is -2.18. The summed E-state index contributed by atoms with van der Waals surface area (Å²) in [5.41, 5.74) is 4.49. The molecule has 1 aromatic carbocycles. The number of nitrogens with zero attached hydrogens (tertiary/aromatic N) is 7. The molecule has 0 spiro atoms. The number of rotatable bonds is 5. The van der Waals surface area contributed by atoms with Crippen molar-refractivity contribution in [3.05, 3.63) is 73.0 Å². The fourth-order valence-corrected chi connectivity index (χ4v) is 4.10. The standard InChI is InChI=1S/C22H22FN7/c1-28-10-7-18(27-28)12-29-11-8-19(13-29)30-15-26-21(16-2-4-17(23)5-3-16)22(30)20-6-9-24-14-25-20/h2-7,9-10,14-15,19H,8,11-13H2,1H3. The zero-order valence-electron chi connectivity index (χ0n) is 16.7. The molecule has 4 aromatic rings. The molecule has 4 heterocycles. The third-order valence-electron chi connectivity index (χ3n) is 5.53. The summed E-state index contributed by atoms with van der Waals surface area (Å²) in [7, 11) is 1.94. The fraction of sp³-hybridized carbons (Fsp3) is 0.273. The van der Waals surface area contributed by atoms with Gasteiger partial charge >= 0.3 is 0 Å². The maximum atomic E-state index is 13.4. The minimum atomic E-state index is -0.261. The molecule has 1 saturated heterocycles. The number of aromatic nitrogens is 6. The predicted octanol–water partition coefficient (Wildman–Crippen LogP) is 3.33. The lowest BCUT2D eigenvalue weighted by atomic mass is 10.1. The Bertz CT molecular complexity index is 1130. The third kappa shape index (κ3) is 3.61. The Morgan fingerprint density at radius 3 is 2.70 bits per heavy atom. The third-order valence-corrected chi connectivity index (χ3v) is 5.53. The maximum absolute atomic E-state index is 13.4. The van der Waals surface area contributed by atoms with Crippen molar-refractivity contribution in [1.82, 2.24) is 34.2 Å². The molecule has 1 aliphatic rings. The van der Waals surface area contributed by atoms with Gasteiger partial charge < -0.3 is 4.57 Å². The van der Waals surface area contributed by atoms with E-state index < -0.39 is 0 Å². The van der Waals surface area contributed by atoms with Crippen LogP contribution in [0.5, 0.6) is 0 Å². The molecule has 0 amide bonds. The lowest BCUT2D eigenvalue weighted by Crippen LogP contribution is -2.21. The summed E-state index contributed by atoms with van der Waals surface area (Å²) < 4.78 is 17.5. The van der Waals surface area contributed by atoms with Crippen LogP contribution in [0.2, 0.25) is 0 Å². The molecular formula is C22H22FN7. The summed E-state index contributed by atoms with van der Waals surface area (Å²) >= 11 is 0. The highest BCUT2D eigenvalue weighted by atomic mass is 19.1. The maximum Gasteiger partial charge on any atom is 0.123 e. The van der Waals surface area contributed by atoms with Crippen LogP contribution in [0.15, 0.2) is 61.4 Å². The zero-order valence-corrected chi connectivity index (χ0v) is 16.7. The molecule has 0 bridgehead atoms. The largest absolute Gasteiger partial charge is 0.324 e. The fourth-order valence-electron chi connectivity index (χ4n) is 4.10. The van der Waals surface area contributed by atoms with Gasteiger partial charge in [0.25, 0.3) is 0 Å². The van der Waals surface area contributed by atoms with Crippen molar-refractivity contribution >= 4 is 0 Å². The van der Waals surface area contributed by atoms with Crippen molar-refractivity contribution in [2.24, 2.45) is 7.05 Å². The predicted molar refractivity (Wildman–Crippen MR) is 111 cm³/mol. The van der Waals surface area contributed by atoms with Crippen molar-refractivity contribution in [1.29, 1.82) is 0 Å². The topological polar surface area (TPSA) is 64.7 Å². The number of hydrogen-bond acceptors (Lipinski definition) is 5. The number of imidazole rings is 1. The summed E-state index contributed by atoms with van der Waals surface area (Å²) in [6, 6.07) is 10.7. The number of halogens is 1. The van der Waals surface area contributed by atoms with Crippen LogP contribution in [0.1, 0.15) is 18.2 Å². The first-order valence-corrected chi connectivity index (χ1v) is 9.97. The second-order valence-electron chi connectivity index (χ2n) is 7.61. The van der Waals surface area contributed by atoms with Crippen LogP contribution >= 0.6 is 0 Å². The van der Waals surface area contributed by atoms with Crippen LogP contribution in [0.4, 0.5) is 4.39 Å². The van der Waals surface area contributed by atoms with Crippen LogP contribution in [0, 0.1) is 5.82 Å². The Kier molecular flexibility index (Phi) is 4.84. The Morgan fingerprint density at radius 1 is 1.10 bits per heavy atom. The second kappa shape index (κ2) is 7.79. The highest BCUT2D eigenvalue weighted by molar-refractivity contribution is 5.76. The van der Waals surface area contributed by atoms with E-state index in [1.165, 1.54) is 12.1 Å². The first-order chi connectivity index (χ1) is 14.7. The molecule has 0 N–H and O–H groups in total. The molecule has 152 valence electrons. The van der Waals surface area contributed by atoms with Crippen LogP contribution in [-0.2, 0) is 13.6 Å². The number of likely N-dealkylation sites (tertiary alicyclic amines) is 1. The SMILES string of the molecule is Cn1ccc(CN2CCC(n3cnc(-c4ccc(F)cc4)c3-c3ccncn3)C2)n1. The summed E-state index contributed by atoms with van der Waals surface area (Å²) in [4.78, 5) is 15.6. The summed E-state index contributed by atoms with van der Waals surface area (Å²) in [6.07, 6.45) is 8.15. The van der Waals surface area contributed by atoms with Crippen LogP contribution in [0.3, 0.4) is 0 Å². The van der Waals surface area contributed by atoms with Gasteiger partial charge in [-0.2, -0.15) is 5.10 Å². The molecule has 0 saturated carbocycles. The van der Waals surface area contributed by atoms with Crippen molar-refractivity contribution in [3.63, 3.8) is 0 Å². The quantitative estimate of drug-likeness (QED) is 0.511. The second-order valence-corrected chi connectivity index (χ2v) is 7.61. The first-order valence-electron chi connectivity index (χ1n) is 9.97. The van der Waals surface area contributed by atoms with Gasteiger partial charge in [0.15, 0.2) is 0 Å². The van der Waals surface area contributed by atoms with Crippen LogP contribution in [0.25, 0.3) is 22.6 Å². The smallest absolute Gasteiger partial charge is 0.123 e. The summed E-state index contributed by atoms with van der Waals surface area (Å²) in [5, 5.41) is 4.50. The van der Waals surface area contributed by atoms with Gasteiger partial charge in [-0.15, -0.1) is 0 Å². The van der Waals surface area contributed by atoms with E-state index in [1.54, 1.807) is 24.7 Å². The van der Waals surface area contributed by atoms with Gasteiger partial charge in [-0.05, 0) is 42.8 Å². The summed E-state index contributed by atoms with van der Waals surface area (Å²) in [5.74, 6) is -0.261. The molecule has 1 aliphatic heterocycles. The minimum absolute atomic E-state index is 0.261. The van der Waals surface area contributed by atoms with Crippen LogP contribution in [-0.4, -0.2) is 47.3 Å². The van der Waals surface area contributed by atoms with Gasteiger partial charge in [0.05, 0.1) is 29.1 Å². The lowest BCUT2D eigenvalue weighted by molar-refractivity contribution is 0.311. The number of hydrogen-bond donors (Lipinski definition) is 0. The molecule has 5 rings (SSSR count). The van der Waals surface area contributed by atoms with Gasteiger partial charge in [0, 0.05) is 50.7 Å². The number of benzene rings is 1. The Morgan fingerprint density at radius 2 is 1.97 bits per heavy atom. The molecule has 3 aromatic heterocycles. The molecular weight excluding hydrogens is 381 g/mol. The van der Waals surface area contributed by atoms with Gasteiger partial charge in [-0.3, -0.25) is 9.58 Å². The van der Waals surface area contributed by atoms with E-state index in [2.05, 4.69) is 30.6 Å². The van der Waals surface area contributed by atoms with Gasteiger partial charge in [-0.25, -0.2) is 19.3 Å². The molecule has 0 aliphatic carbocycles. The van der Waals surface area contributed by atoms with Crippen molar-refractivity contribution < 1.29 is 4.39 Å². The Labute approximate surface area is 173 Å². The van der Waals surface area contributed by atoms with E-state index in [4.69, 9.17) is 4.98 Å². The minimum Gasteiger partial charge on any atom is -0.324 e. The van der Waals surface area contributed by atoms with E-state index >= 15 is 0 Å². The van der Waals surface area contributed by atoms with E-state index in [0.29, 0.717) is 0 Å². The molecule has 0 radical (unpaired) electrons. The average molecular weight is 403 g/mol. The van der Waals surface area contributed by atoms with Crippen LogP contribution < -0.4 is 0 Å². The van der Waals surface area contributed by atoms with Gasteiger partial charge in [0.2, 0.25) is 0 Å². The van der Waals surface area contributed by atoms with E-state index in [0.717, 1.165) is 54.4 Å². The summed E-state index contributed by atoms with van der Waals surface area (Å²) in [6.45, 7) is 2.74. The Hall–Kier alpha value is -3.39. The highest BCUT2D eigenvalue weighted by Crippen LogP contribution is 2.35. The molecule has 1 unspecified atom stereocenters. The van der Waals surface area contributed by atoms with Crippen molar-refractivity contribution in [2.45, 2.75) is 19.0 Å². The molecule has 8 heteroatoms. The molecule has 1 atom stereocenters.